The number of nitrogens with one attached hydrogen (secondary N) is 2. The first-order valence-electron chi connectivity index (χ1n) is 10.1. The van der Waals surface area contributed by atoms with Crippen LogP contribution in [0.2, 0.25) is 0 Å². The standard InChI is InChI=1S/C23H28N4O4/c1-23(2,3)31-22(29)27(14-15-5-7-17(30-4)8-6-15)20-12-16(9-10-25-20)11-18-19(13-24)26-21(18)28/h5-10,12-13,18-19,24H,11,14H2,1-4H3,(H,26,28)/t18-,19-/m1/s1. The number of ether oxygens (including phenoxy) is 2. The van der Waals surface area contributed by atoms with Crippen molar-refractivity contribution in [1.82, 2.24) is 10.3 Å². The molecular weight excluding hydrogens is 396 g/mol. The van der Waals surface area contributed by atoms with Gasteiger partial charge in [0.05, 0.1) is 25.6 Å². The van der Waals surface area contributed by atoms with E-state index < -0.39 is 11.7 Å². The van der Waals surface area contributed by atoms with Crippen molar-refractivity contribution in [1.29, 1.82) is 5.41 Å². The van der Waals surface area contributed by atoms with Gasteiger partial charge in [0.25, 0.3) is 0 Å². The van der Waals surface area contributed by atoms with Gasteiger partial charge >= 0.3 is 6.09 Å². The number of hydrogen-bond acceptors (Lipinski definition) is 6. The molecule has 8 heteroatoms. The first-order chi connectivity index (χ1) is 14.7. The van der Waals surface area contributed by atoms with Gasteiger partial charge in [-0.1, -0.05) is 12.1 Å². The number of methoxy groups -OCH3 is 1. The fourth-order valence-corrected chi connectivity index (χ4v) is 3.27. The van der Waals surface area contributed by atoms with Crippen molar-refractivity contribution in [2.24, 2.45) is 5.92 Å². The molecule has 1 fully saturated rings. The normalized spacial score (nSPS) is 17.9. The Morgan fingerprint density at radius 3 is 2.52 bits per heavy atom. The van der Waals surface area contributed by atoms with Crippen molar-refractivity contribution in [3.8, 4) is 5.75 Å². The number of carbonyl (C=O) groups is 2. The van der Waals surface area contributed by atoms with E-state index in [9.17, 15) is 9.59 Å². The molecule has 0 bridgehead atoms. The van der Waals surface area contributed by atoms with E-state index in [4.69, 9.17) is 14.9 Å². The monoisotopic (exact) mass is 424 g/mol. The van der Waals surface area contributed by atoms with E-state index >= 15 is 0 Å². The summed E-state index contributed by atoms with van der Waals surface area (Å²) in [5, 5.41) is 10.1. The Hall–Kier alpha value is -3.42. The van der Waals surface area contributed by atoms with Gasteiger partial charge in [-0.25, -0.2) is 9.78 Å². The third-order valence-corrected chi connectivity index (χ3v) is 4.91. The number of pyridine rings is 1. The molecule has 0 unspecified atom stereocenters. The van der Waals surface area contributed by atoms with E-state index in [-0.39, 0.29) is 24.4 Å². The van der Waals surface area contributed by atoms with E-state index in [1.54, 1.807) is 19.4 Å². The highest BCUT2D eigenvalue weighted by Crippen LogP contribution is 2.24. The zero-order valence-electron chi connectivity index (χ0n) is 18.2. The van der Waals surface area contributed by atoms with Crippen LogP contribution in [0.3, 0.4) is 0 Å². The lowest BCUT2D eigenvalue weighted by Crippen LogP contribution is -2.59. The van der Waals surface area contributed by atoms with E-state index in [0.29, 0.717) is 12.2 Å². The summed E-state index contributed by atoms with van der Waals surface area (Å²) in [6.45, 7) is 5.70. The molecule has 3 rings (SSSR count). The molecule has 2 atom stereocenters. The molecule has 1 aromatic carbocycles. The molecule has 2 N–H and O–H groups in total. The average molecular weight is 425 g/mol. The van der Waals surface area contributed by atoms with Gasteiger partial charge < -0.3 is 20.2 Å². The fourth-order valence-electron chi connectivity index (χ4n) is 3.27. The van der Waals surface area contributed by atoms with E-state index in [0.717, 1.165) is 16.9 Å². The van der Waals surface area contributed by atoms with Crippen molar-refractivity contribution in [2.45, 2.75) is 45.4 Å². The lowest BCUT2D eigenvalue weighted by Gasteiger charge is -2.34. The maximum Gasteiger partial charge on any atom is 0.416 e. The molecule has 31 heavy (non-hydrogen) atoms. The van der Waals surface area contributed by atoms with Crippen LogP contribution in [-0.4, -0.2) is 42.0 Å². The lowest BCUT2D eigenvalue weighted by molar-refractivity contribution is -0.132. The highest BCUT2D eigenvalue weighted by Gasteiger charge is 2.37. The molecule has 0 spiro atoms. The van der Waals surface area contributed by atoms with Crippen LogP contribution in [0.4, 0.5) is 10.6 Å². The predicted molar refractivity (Wildman–Crippen MR) is 118 cm³/mol. The summed E-state index contributed by atoms with van der Waals surface area (Å²) in [5.74, 6) is 0.805. The van der Waals surface area contributed by atoms with Gasteiger partial charge in [-0.05, 0) is 62.6 Å². The van der Waals surface area contributed by atoms with E-state index in [2.05, 4.69) is 10.3 Å². The van der Waals surface area contributed by atoms with Crippen molar-refractivity contribution < 1.29 is 19.1 Å². The Labute approximate surface area is 182 Å². The number of anilines is 1. The van der Waals surface area contributed by atoms with Gasteiger partial charge in [-0.2, -0.15) is 0 Å². The molecule has 8 nitrogen and oxygen atoms in total. The third-order valence-electron chi connectivity index (χ3n) is 4.91. The number of amides is 2. The first-order valence-corrected chi connectivity index (χ1v) is 10.1. The minimum Gasteiger partial charge on any atom is -0.497 e. The van der Waals surface area contributed by atoms with Crippen molar-refractivity contribution in [3.05, 3.63) is 53.7 Å². The van der Waals surface area contributed by atoms with Gasteiger partial charge in [-0.15, -0.1) is 0 Å². The topological polar surface area (TPSA) is 105 Å². The highest BCUT2D eigenvalue weighted by atomic mass is 16.6. The van der Waals surface area contributed by atoms with Crippen LogP contribution in [-0.2, 0) is 22.5 Å². The minimum atomic E-state index is -0.659. The Kier molecular flexibility index (Phi) is 6.58. The minimum absolute atomic E-state index is 0.0749. The Bertz CT molecular complexity index is 953. The van der Waals surface area contributed by atoms with E-state index in [1.807, 2.05) is 51.1 Å². The lowest BCUT2D eigenvalue weighted by atomic mass is 9.86. The second-order valence-electron chi connectivity index (χ2n) is 8.45. The zero-order valence-corrected chi connectivity index (χ0v) is 18.2. The van der Waals surface area contributed by atoms with Crippen LogP contribution in [0, 0.1) is 11.3 Å². The molecule has 1 aliphatic heterocycles. The molecule has 0 aliphatic carbocycles. The third kappa shape index (κ3) is 5.59. The Morgan fingerprint density at radius 1 is 1.23 bits per heavy atom. The summed E-state index contributed by atoms with van der Waals surface area (Å²) < 4.78 is 10.8. The summed E-state index contributed by atoms with van der Waals surface area (Å²) >= 11 is 0. The summed E-state index contributed by atoms with van der Waals surface area (Å²) in [5.41, 5.74) is 1.09. The molecule has 2 heterocycles. The molecule has 1 aromatic heterocycles. The number of aromatic nitrogens is 1. The summed E-state index contributed by atoms with van der Waals surface area (Å²) in [4.78, 5) is 30.7. The largest absolute Gasteiger partial charge is 0.497 e. The molecule has 0 radical (unpaired) electrons. The summed E-state index contributed by atoms with van der Waals surface area (Å²) in [7, 11) is 1.60. The van der Waals surface area contributed by atoms with Crippen molar-refractivity contribution in [3.63, 3.8) is 0 Å². The van der Waals surface area contributed by atoms with Gasteiger partial charge in [0.15, 0.2) is 0 Å². The second kappa shape index (κ2) is 9.16. The van der Waals surface area contributed by atoms with Crippen LogP contribution in [0.25, 0.3) is 0 Å². The van der Waals surface area contributed by atoms with Crippen LogP contribution in [0.1, 0.15) is 31.9 Å². The maximum atomic E-state index is 13.0. The van der Waals surface area contributed by atoms with Crippen molar-refractivity contribution >= 4 is 24.0 Å². The van der Waals surface area contributed by atoms with Gasteiger partial charge in [-0.3, -0.25) is 9.69 Å². The molecule has 0 saturated carbocycles. The molecule has 2 amide bonds. The van der Waals surface area contributed by atoms with Gasteiger partial charge in [0.2, 0.25) is 5.91 Å². The average Bonchev–Trinajstić information content (AvgIpc) is 2.73. The predicted octanol–water partition coefficient (Wildman–Crippen LogP) is 3.34. The summed E-state index contributed by atoms with van der Waals surface area (Å²) in [6.07, 6.45) is 2.81. The number of hydrogen-bond donors (Lipinski definition) is 2. The quantitative estimate of drug-likeness (QED) is 0.524. The van der Waals surface area contributed by atoms with Gasteiger partial charge in [0.1, 0.15) is 17.2 Å². The molecule has 2 aromatic rings. The Morgan fingerprint density at radius 2 is 1.94 bits per heavy atom. The second-order valence-corrected chi connectivity index (χ2v) is 8.45. The Balaban J connectivity index is 1.86. The first kappa shape index (κ1) is 22.3. The smallest absolute Gasteiger partial charge is 0.416 e. The highest BCUT2D eigenvalue weighted by molar-refractivity contribution is 5.93. The van der Waals surface area contributed by atoms with Crippen LogP contribution in [0.15, 0.2) is 42.6 Å². The molecule has 1 aliphatic rings. The molecule has 1 saturated heterocycles. The van der Waals surface area contributed by atoms with Crippen LogP contribution in [0.5, 0.6) is 5.75 Å². The number of carbonyl (C=O) groups excluding carboxylic acids is 2. The number of β-lactam (4-membered cyclic amide) rings is 1. The number of benzene rings is 1. The maximum absolute atomic E-state index is 13.0. The van der Waals surface area contributed by atoms with E-state index in [1.165, 1.54) is 11.1 Å². The van der Waals surface area contributed by atoms with Crippen LogP contribution >= 0.6 is 0 Å². The fraction of sp³-hybridized carbons (Fsp3) is 0.391. The van der Waals surface area contributed by atoms with Crippen molar-refractivity contribution in [2.75, 3.05) is 12.0 Å². The molecule has 164 valence electrons. The van der Waals surface area contributed by atoms with Crippen LogP contribution < -0.4 is 15.0 Å². The number of rotatable bonds is 7. The SMILES string of the molecule is COc1ccc(CN(C(=O)OC(C)(C)C)c2cc(C[C@H]3C(=O)N[C@@H]3C=N)ccn2)cc1. The number of nitrogens with zero attached hydrogens (tertiary/aromatic N) is 2. The summed E-state index contributed by atoms with van der Waals surface area (Å²) in [6, 6.07) is 10.8. The van der Waals surface area contributed by atoms with Gasteiger partial charge in [0, 0.05) is 12.4 Å². The molecular formula is C23H28N4O4. The zero-order chi connectivity index (χ0) is 22.6.